The molecule has 21 heavy (non-hydrogen) atoms. The van der Waals surface area contributed by atoms with Crippen LogP contribution in [0.15, 0.2) is 39.9 Å². The van der Waals surface area contributed by atoms with E-state index in [0.717, 1.165) is 6.42 Å². The van der Waals surface area contributed by atoms with E-state index in [1.807, 2.05) is 47.4 Å². The molecule has 3 atom stereocenters. The SMILES string of the molecule is CC(NC1C[C@H](C)Sc2sccc21)c1ccc(C#N)cc1. The van der Waals surface area contributed by atoms with Crippen LogP contribution in [0.25, 0.3) is 0 Å². The Balaban J connectivity index is 1.76. The van der Waals surface area contributed by atoms with E-state index in [2.05, 4.69) is 36.7 Å². The summed E-state index contributed by atoms with van der Waals surface area (Å²) < 4.78 is 1.46. The van der Waals surface area contributed by atoms with Crippen molar-refractivity contribution >= 4 is 23.1 Å². The largest absolute Gasteiger partial charge is 0.303 e. The van der Waals surface area contributed by atoms with Gasteiger partial charge in [-0.2, -0.15) is 5.26 Å². The number of fused-ring (bicyclic) bond motifs is 1. The zero-order valence-corrected chi connectivity index (χ0v) is 13.8. The number of nitriles is 1. The first kappa shape index (κ1) is 14.6. The van der Waals surface area contributed by atoms with Crippen LogP contribution >= 0.6 is 23.1 Å². The summed E-state index contributed by atoms with van der Waals surface area (Å²) in [5.41, 5.74) is 3.40. The van der Waals surface area contributed by atoms with Crippen molar-refractivity contribution in [2.24, 2.45) is 0 Å². The Morgan fingerprint density at radius 2 is 2.05 bits per heavy atom. The van der Waals surface area contributed by atoms with Gasteiger partial charge in [0.1, 0.15) is 0 Å². The molecule has 1 aromatic carbocycles. The highest BCUT2D eigenvalue weighted by Crippen LogP contribution is 2.44. The van der Waals surface area contributed by atoms with Crippen molar-refractivity contribution in [3.05, 3.63) is 52.4 Å². The van der Waals surface area contributed by atoms with Crippen LogP contribution in [-0.4, -0.2) is 5.25 Å². The zero-order valence-electron chi connectivity index (χ0n) is 12.2. The van der Waals surface area contributed by atoms with E-state index >= 15 is 0 Å². The maximum absolute atomic E-state index is 8.88. The second kappa shape index (κ2) is 6.23. The number of rotatable bonds is 3. The van der Waals surface area contributed by atoms with Crippen molar-refractivity contribution in [2.75, 3.05) is 0 Å². The zero-order chi connectivity index (χ0) is 14.8. The van der Waals surface area contributed by atoms with Crippen LogP contribution in [0.2, 0.25) is 0 Å². The molecule has 1 aliphatic heterocycles. The number of thioether (sulfide) groups is 1. The topological polar surface area (TPSA) is 35.8 Å². The highest BCUT2D eigenvalue weighted by atomic mass is 32.2. The third kappa shape index (κ3) is 3.16. The summed E-state index contributed by atoms with van der Waals surface area (Å²) in [5, 5.41) is 15.5. The molecule has 0 aliphatic carbocycles. The summed E-state index contributed by atoms with van der Waals surface area (Å²) in [4.78, 5) is 0. The molecule has 0 fully saturated rings. The average Bonchev–Trinajstić information content (AvgIpc) is 2.95. The van der Waals surface area contributed by atoms with Gasteiger partial charge in [-0.25, -0.2) is 0 Å². The smallest absolute Gasteiger partial charge is 0.0991 e. The number of benzene rings is 1. The second-order valence-corrected chi connectivity index (χ2v) is 8.13. The van der Waals surface area contributed by atoms with Gasteiger partial charge in [-0.3, -0.25) is 0 Å². The minimum atomic E-state index is 0.283. The summed E-state index contributed by atoms with van der Waals surface area (Å²) in [6, 6.07) is 13.0. The summed E-state index contributed by atoms with van der Waals surface area (Å²) >= 11 is 3.84. The molecule has 2 aromatic rings. The summed E-state index contributed by atoms with van der Waals surface area (Å²) in [6.45, 7) is 4.49. The highest BCUT2D eigenvalue weighted by Gasteiger charge is 2.27. The van der Waals surface area contributed by atoms with Gasteiger partial charge in [0.15, 0.2) is 0 Å². The van der Waals surface area contributed by atoms with Crippen LogP contribution in [0.1, 0.15) is 49.0 Å². The minimum absolute atomic E-state index is 0.283. The van der Waals surface area contributed by atoms with Gasteiger partial charge in [0.05, 0.1) is 15.8 Å². The first-order valence-electron chi connectivity index (χ1n) is 7.17. The molecule has 3 rings (SSSR count). The fourth-order valence-electron chi connectivity index (χ4n) is 2.75. The van der Waals surface area contributed by atoms with Crippen molar-refractivity contribution in [3.63, 3.8) is 0 Å². The molecular weight excluding hydrogens is 296 g/mol. The Morgan fingerprint density at radius 1 is 1.29 bits per heavy atom. The third-order valence-electron chi connectivity index (χ3n) is 3.90. The molecule has 2 heterocycles. The van der Waals surface area contributed by atoms with E-state index in [9.17, 15) is 0 Å². The standard InChI is InChI=1S/C17H18N2S2/c1-11-9-16(15-7-8-20-17(15)21-11)19-12(2)14-5-3-13(10-18)4-6-14/h3-8,11-12,16,19H,9H2,1-2H3/t11-,12?,16?/m0/s1. The van der Waals surface area contributed by atoms with E-state index in [1.54, 1.807) is 0 Å². The Hall–Kier alpha value is -1.28. The fraction of sp³-hybridized carbons (Fsp3) is 0.353. The molecule has 1 aromatic heterocycles. The summed E-state index contributed by atoms with van der Waals surface area (Å²) in [7, 11) is 0. The van der Waals surface area contributed by atoms with Crippen LogP contribution < -0.4 is 5.32 Å². The molecule has 0 amide bonds. The predicted molar refractivity (Wildman–Crippen MR) is 89.7 cm³/mol. The van der Waals surface area contributed by atoms with Crippen molar-refractivity contribution in [3.8, 4) is 6.07 Å². The fourth-order valence-corrected chi connectivity index (χ4v) is 5.32. The maximum atomic E-state index is 8.88. The first-order chi connectivity index (χ1) is 10.2. The van der Waals surface area contributed by atoms with E-state index in [4.69, 9.17) is 5.26 Å². The normalized spacial score (nSPS) is 22.3. The second-order valence-electron chi connectivity index (χ2n) is 5.50. The van der Waals surface area contributed by atoms with Gasteiger partial charge in [-0.05, 0) is 48.1 Å². The lowest BCUT2D eigenvalue weighted by atomic mass is 10.0. The molecule has 108 valence electrons. The van der Waals surface area contributed by atoms with Crippen LogP contribution in [0.5, 0.6) is 0 Å². The van der Waals surface area contributed by atoms with Gasteiger partial charge in [-0.15, -0.1) is 23.1 Å². The maximum Gasteiger partial charge on any atom is 0.0991 e. The first-order valence-corrected chi connectivity index (χ1v) is 8.93. The molecule has 0 bridgehead atoms. The molecule has 0 spiro atoms. The molecule has 4 heteroatoms. The molecule has 0 radical (unpaired) electrons. The van der Waals surface area contributed by atoms with Crippen LogP contribution in [0.3, 0.4) is 0 Å². The molecule has 0 saturated heterocycles. The van der Waals surface area contributed by atoms with E-state index < -0.39 is 0 Å². The number of thiophene rings is 1. The lowest BCUT2D eigenvalue weighted by Crippen LogP contribution is -2.28. The Labute approximate surface area is 134 Å². The van der Waals surface area contributed by atoms with Crippen LogP contribution in [-0.2, 0) is 0 Å². The molecular formula is C17H18N2S2. The Bertz CT molecular complexity index is 654. The quantitative estimate of drug-likeness (QED) is 0.875. The van der Waals surface area contributed by atoms with Crippen molar-refractivity contribution < 1.29 is 0 Å². The number of nitrogens with one attached hydrogen (secondary N) is 1. The predicted octanol–water partition coefficient (Wildman–Crippen LogP) is 4.90. The Morgan fingerprint density at radius 3 is 2.76 bits per heavy atom. The van der Waals surface area contributed by atoms with Crippen molar-refractivity contribution in [1.29, 1.82) is 5.26 Å². The van der Waals surface area contributed by atoms with Crippen LogP contribution in [0.4, 0.5) is 0 Å². The molecule has 1 aliphatic rings. The lowest BCUT2D eigenvalue weighted by molar-refractivity contribution is 0.435. The minimum Gasteiger partial charge on any atom is -0.303 e. The van der Waals surface area contributed by atoms with E-state index in [-0.39, 0.29) is 6.04 Å². The monoisotopic (exact) mass is 314 g/mol. The van der Waals surface area contributed by atoms with Crippen molar-refractivity contribution in [2.45, 2.75) is 41.8 Å². The van der Waals surface area contributed by atoms with E-state index in [0.29, 0.717) is 16.9 Å². The van der Waals surface area contributed by atoms with Gasteiger partial charge < -0.3 is 5.32 Å². The molecule has 0 saturated carbocycles. The number of hydrogen-bond donors (Lipinski definition) is 1. The third-order valence-corrected chi connectivity index (χ3v) is 6.24. The Kier molecular flexibility index (Phi) is 4.34. The van der Waals surface area contributed by atoms with E-state index in [1.165, 1.54) is 15.3 Å². The van der Waals surface area contributed by atoms with Gasteiger partial charge in [0.25, 0.3) is 0 Å². The average molecular weight is 314 g/mol. The number of hydrogen-bond acceptors (Lipinski definition) is 4. The van der Waals surface area contributed by atoms with Gasteiger partial charge >= 0.3 is 0 Å². The van der Waals surface area contributed by atoms with Gasteiger partial charge in [0.2, 0.25) is 0 Å². The lowest BCUT2D eigenvalue weighted by Gasteiger charge is -2.30. The molecule has 2 unspecified atom stereocenters. The molecule has 2 nitrogen and oxygen atoms in total. The highest BCUT2D eigenvalue weighted by molar-refractivity contribution is 8.01. The summed E-state index contributed by atoms with van der Waals surface area (Å²) in [5.74, 6) is 0. The van der Waals surface area contributed by atoms with Gasteiger partial charge in [0, 0.05) is 17.3 Å². The van der Waals surface area contributed by atoms with Crippen LogP contribution in [0, 0.1) is 11.3 Å². The molecule has 1 N–H and O–H groups in total. The van der Waals surface area contributed by atoms with Crippen molar-refractivity contribution in [1.82, 2.24) is 5.32 Å². The summed E-state index contributed by atoms with van der Waals surface area (Å²) in [6.07, 6.45) is 1.16. The van der Waals surface area contributed by atoms with Gasteiger partial charge in [-0.1, -0.05) is 19.1 Å². The number of nitrogens with zero attached hydrogens (tertiary/aromatic N) is 1.